The van der Waals surface area contributed by atoms with Gasteiger partial charge in [-0.1, -0.05) is 31.5 Å². The molecule has 0 aromatic heterocycles. The Kier molecular flexibility index (Phi) is 9.50. The van der Waals surface area contributed by atoms with Gasteiger partial charge in [0, 0.05) is 25.6 Å². The molecule has 0 unspecified atom stereocenters. The first-order valence-corrected chi connectivity index (χ1v) is 13.9. The number of ether oxygens (including phenoxy) is 1. The van der Waals surface area contributed by atoms with E-state index in [2.05, 4.69) is 15.4 Å². The maximum absolute atomic E-state index is 12.9. The number of hydrogen-bond donors (Lipinski definition) is 3. The minimum Gasteiger partial charge on any atom is -0.376 e. The summed E-state index contributed by atoms with van der Waals surface area (Å²) in [5.41, 5.74) is 1.01. The van der Waals surface area contributed by atoms with E-state index in [-0.39, 0.29) is 40.6 Å². The quantitative estimate of drug-likeness (QED) is 0.464. The van der Waals surface area contributed by atoms with Crippen LogP contribution in [0.2, 0.25) is 0 Å². The fourth-order valence-corrected chi connectivity index (χ4v) is 5.71. The molecule has 9 heteroatoms. The molecule has 2 atom stereocenters. The highest BCUT2D eigenvalue weighted by Gasteiger charge is 2.31. The number of nitrogens with one attached hydrogen (secondary N) is 3. The van der Waals surface area contributed by atoms with E-state index in [0.717, 1.165) is 37.9 Å². The van der Waals surface area contributed by atoms with Crippen LogP contribution in [-0.2, 0) is 24.3 Å². The Labute approximate surface area is 203 Å². The van der Waals surface area contributed by atoms with Crippen LogP contribution in [0.25, 0.3) is 0 Å². The monoisotopic (exact) mass is 493 g/mol. The average Bonchev–Trinajstić information content (AvgIpc) is 3.34. The molecule has 34 heavy (non-hydrogen) atoms. The van der Waals surface area contributed by atoms with Gasteiger partial charge in [0.05, 0.1) is 11.0 Å². The molecule has 2 aliphatic rings. The van der Waals surface area contributed by atoms with Crippen molar-refractivity contribution in [1.82, 2.24) is 15.4 Å². The fourth-order valence-electron chi connectivity index (χ4n) is 4.59. The highest BCUT2D eigenvalue weighted by molar-refractivity contribution is 7.89. The zero-order chi connectivity index (χ0) is 24.7. The Balaban J connectivity index is 1.43. The summed E-state index contributed by atoms with van der Waals surface area (Å²) in [6, 6.07) is 6.21. The Morgan fingerprint density at radius 3 is 2.29 bits per heavy atom. The molecule has 1 saturated heterocycles. The van der Waals surface area contributed by atoms with Crippen molar-refractivity contribution in [2.75, 3.05) is 19.7 Å². The Morgan fingerprint density at radius 2 is 1.71 bits per heavy atom. The average molecular weight is 494 g/mol. The van der Waals surface area contributed by atoms with Crippen molar-refractivity contribution >= 4 is 21.8 Å². The van der Waals surface area contributed by atoms with Gasteiger partial charge in [0.2, 0.25) is 21.8 Å². The highest BCUT2D eigenvalue weighted by atomic mass is 32.2. The van der Waals surface area contributed by atoms with Gasteiger partial charge in [-0.25, -0.2) is 13.1 Å². The molecule has 0 spiro atoms. The van der Waals surface area contributed by atoms with Crippen LogP contribution in [0.3, 0.4) is 0 Å². The SMILES string of the molecule is Cc1ccc(S(=O)(=O)NCC2CCC(C(=O)N[C@@H](C(=O)NC[C@H]3CCCO3)C(C)C)CC2)cc1. The predicted octanol–water partition coefficient (Wildman–Crippen LogP) is 2.52. The van der Waals surface area contributed by atoms with Gasteiger partial charge < -0.3 is 15.4 Å². The first-order chi connectivity index (χ1) is 16.2. The highest BCUT2D eigenvalue weighted by Crippen LogP contribution is 2.29. The minimum atomic E-state index is -3.54. The van der Waals surface area contributed by atoms with E-state index in [1.165, 1.54) is 0 Å². The summed E-state index contributed by atoms with van der Waals surface area (Å²) in [4.78, 5) is 25.8. The molecule has 3 N–H and O–H groups in total. The molecule has 1 heterocycles. The zero-order valence-corrected chi connectivity index (χ0v) is 21.3. The lowest BCUT2D eigenvalue weighted by Crippen LogP contribution is -2.52. The third kappa shape index (κ3) is 7.52. The van der Waals surface area contributed by atoms with Crippen molar-refractivity contribution in [3.05, 3.63) is 29.8 Å². The Morgan fingerprint density at radius 1 is 1.03 bits per heavy atom. The van der Waals surface area contributed by atoms with Crippen molar-refractivity contribution < 1.29 is 22.7 Å². The van der Waals surface area contributed by atoms with Gasteiger partial charge in [0.1, 0.15) is 6.04 Å². The Bertz CT molecular complexity index is 918. The second-order valence-corrected chi connectivity index (χ2v) is 11.8. The normalized spacial score (nSPS) is 24.1. The van der Waals surface area contributed by atoms with Crippen molar-refractivity contribution in [3.63, 3.8) is 0 Å². The third-order valence-corrected chi connectivity index (χ3v) is 8.33. The minimum absolute atomic E-state index is 0.0269. The third-order valence-electron chi connectivity index (χ3n) is 6.89. The standard InChI is InChI=1S/C25H39N3O5S/c1-17(2)23(25(30)26-16-21-5-4-14-33-21)28-24(29)20-10-8-19(9-11-20)15-27-34(31,32)22-12-6-18(3)7-13-22/h6-7,12-13,17,19-21,23,27H,4-5,8-11,14-16H2,1-3H3,(H,26,30)(H,28,29)/t19?,20?,21-,23-/m1/s1. The molecule has 190 valence electrons. The van der Waals surface area contributed by atoms with E-state index < -0.39 is 16.1 Å². The van der Waals surface area contributed by atoms with Gasteiger partial charge in [-0.2, -0.15) is 0 Å². The lowest BCUT2D eigenvalue weighted by Gasteiger charge is -2.30. The van der Waals surface area contributed by atoms with Crippen LogP contribution in [0.5, 0.6) is 0 Å². The van der Waals surface area contributed by atoms with E-state index in [0.29, 0.717) is 25.9 Å². The number of benzene rings is 1. The van der Waals surface area contributed by atoms with Gasteiger partial charge in [0.25, 0.3) is 0 Å². The van der Waals surface area contributed by atoms with Crippen LogP contribution < -0.4 is 15.4 Å². The molecule has 1 aliphatic carbocycles. The fraction of sp³-hybridized carbons (Fsp3) is 0.680. The van der Waals surface area contributed by atoms with Crippen LogP contribution in [0, 0.1) is 24.7 Å². The van der Waals surface area contributed by atoms with E-state index >= 15 is 0 Å². The van der Waals surface area contributed by atoms with Gasteiger partial charge in [-0.15, -0.1) is 0 Å². The number of aryl methyl sites for hydroxylation is 1. The van der Waals surface area contributed by atoms with Gasteiger partial charge in [-0.05, 0) is 69.4 Å². The van der Waals surface area contributed by atoms with Gasteiger partial charge in [-0.3, -0.25) is 9.59 Å². The Hall–Kier alpha value is -1.97. The molecular weight excluding hydrogens is 454 g/mol. The van der Waals surface area contributed by atoms with Crippen molar-refractivity contribution in [3.8, 4) is 0 Å². The van der Waals surface area contributed by atoms with E-state index in [1.807, 2.05) is 20.8 Å². The maximum Gasteiger partial charge on any atom is 0.242 e. The van der Waals surface area contributed by atoms with Crippen LogP contribution in [0.1, 0.15) is 57.9 Å². The largest absolute Gasteiger partial charge is 0.376 e. The predicted molar refractivity (Wildman–Crippen MR) is 131 cm³/mol. The van der Waals surface area contributed by atoms with E-state index in [4.69, 9.17) is 4.74 Å². The van der Waals surface area contributed by atoms with Crippen molar-refractivity contribution in [2.24, 2.45) is 17.8 Å². The van der Waals surface area contributed by atoms with Crippen molar-refractivity contribution in [1.29, 1.82) is 0 Å². The van der Waals surface area contributed by atoms with Crippen LogP contribution in [-0.4, -0.2) is 52.1 Å². The lowest BCUT2D eigenvalue weighted by atomic mass is 9.81. The number of sulfonamides is 1. The molecular formula is C25H39N3O5S. The molecule has 8 nitrogen and oxygen atoms in total. The number of carbonyl (C=O) groups excluding carboxylic acids is 2. The number of rotatable bonds is 10. The molecule has 0 bridgehead atoms. The molecule has 2 fully saturated rings. The lowest BCUT2D eigenvalue weighted by molar-refractivity contribution is -0.133. The second-order valence-electron chi connectivity index (χ2n) is 9.99. The first kappa shape index (κ1) is 26.6. The summed E-state index contributed by atoms with van der Waals surface area (Å²) in [7, 11) is -3.54. The molecule has 1 saturated carbocycles. The summed E-state index contributed by atoms with van der Waals surface area (Å²) in [5, 5.41) is 5.88. The molecule has 0 radical (unpaired) electrons. The van der Waals surface area contributed by atoms with Gasteiger partial charge in [0.15, 0.2) is 0 Å². The number of carbonyl (C=O) groups is 2. The number of hydrogen-bond acceptors (Lipinski definition) is 5. The first-order valence-electron chi connectivity index (χ1n) is 12.4. The van der Waals surface area contributed by atoms with E-state index in [9.17, 15) is 18.0 Å². The molecule has 1 aromatic carbocycles. The summed E-state index contributed by atoms with van der Waals surface area (Å²) in [6.45, 7) is 7.34. The number of amides is 2. The summed E-state index contributed by atoms with van der Waals surface area (Å²) < 4.78 is 33.3. The smallest absolute Gasteiger partial charge is 0.242 e. The second kappa shape index (κ2) is 12.1. The summed E-state index contributed by atoms with van der Waals surface area (Å²) in [5.74, 6) is -0.249. The van der Waals surface area contributed by atoms with E-state index in [1.54, 1.807) is 24.3 Å². The molecule has 2 amide bonds. The molecule has 3 rings (SSSR count). The van der Waals surface area contributed by atoms with Crippen molar-refractivity contribution in [2.45, 2.75) is 76.3 Å². The van der Waals surface area contributed by atoms with Crippen LogP contribution in [0.15, 0.2) is 29.2 Å². The topological polar surface area (TPSA) is 114 Å². The summed E-state index contributed by atoms with van der Waals surface area (Å²) >= 11 is 0. The van der Waals surface area contributed by atoms with Crippen LogP contribution >= 0.6 is 0 Å². The molecule has 1 aliphatic heterocycles. The zero-order valence-electron chi connectivity index (χ0n) is 20.5. The molecule has 1 aromatic rings. The van der Waals surface area contributed by atoms with Crippen LogP contribution in [0.4, 0.5) is 0 Å². The summed E-state index contributed by atoms with van der Waals surface area (Å²) in [6.07, 6.45) is 4.93. The van der Waals surface area contributed by atoms with Gasteiger partial charge >= 0.3 is 0 Å². The maximum atomic E-state index is 12.9.